The maximum absolute atomic E-state index is 5.60. The van der Waals surface area contributed by atoms with Crippen molar-refractivity contribution in [3.8, 4) is 11.5 Å². The van der Waals surface area contributed by atoms with E-state index in [1.807, 2.05) is 12.1 Å². The van der Waals surface area contributed by atoms with Crippen LogP contribution in [0.5, 0.6) is 11.5 Å². The molecule has 0 radical (unpaired) electrons. The Balaban J connectivity index is 2.58. The molecule has 1 aliphatic heterocycles. The second-order valence-electron chi connectivity index (χ2n) is 4.40. The molecule has 0 atom stereocenters. The molecule has 3 heteroatoms. The van der Waals surface area contributed by atoms with Crippen LogP contribution in [0, 0.1) is 6.92 Å². The highest BCUT2D eigenvalue weighted by molar-refractivity contribution is 5.52. The highest BCUT2D eigenvalue weighted by atomic mass is 16.6. The molecule has 1 aromatic carbocycles. The third-order valence-electron chi connectivity index (χ3n) is 2.67. The number of rotatable bonds is 1. The molecule has 0 aromatic heterocycles. The highest BCUT2D eigenvalue weighted by Gasteiger charge is 2.33. The zero-order valence-electron chi connectivity index (χ0n) is 8.76. The molecule has 76 valence electrons. The minimum Gasteiger partial charge on any atom is -0.492 e. The molecule has 1 heterocycles. The maximum Gasteiger partial charge on any atom is 0.150 e. The van der Waals surface area contributed by atoms with Crippen LogP contribution >= 0.6 is 0 Å². The Morgan fingerprint density at radius 1 is 1.43 bits per heavy atom. The van der Waals surface area contributed by atoms with Crippen molar-refractivity contribution >= 4 is 0 Å². The average molecular weight is 193 g/mol. The Hall–Kier alpha value is -1.22. The molecule has 0 unspecified atom stereocenters. The largest absolute Gasteiger partial charge is 0.492 e. The first kappa shape index (κ1) is 9.34. The fourth-order valence-electron chi connectivity index (χ4n) is 2.10. The molecule has 2 rings (SSSR count). The molecule has 0 spiro atoms. The van der Waals surface area contributed by atoms with Crippen LogP contribution in [-0.4, -0.2) is 6.61 Å². The summed E-state index contributed by atoms with van der Waals surface area (Å²) in [6, 6.07) is 3.78. The zero-order valence-corrected chi connectivity index (χ0v) is 8.76. The molecule has 1 aliphatic rings. The van der Waals surface area contributed by atoms with E-state index in [1.165, 1.54) is 11.1 Å². The van der Waals surface area contributed by atoms with Gasteiger partial charge in [-0.1, -0.05) is 13.8 Å². The third kappa shape index (κ3) is 1.24. The van der Waals surface area contributed by atoms with Crippen LogP contribution < -0.4 is 15.5 Å². The lowest BCUT2D eigenvalue weighted by Gasteiger charge is -2.17. The number of hydrogen-bond donors (Lipinski definition) is 1. The van der Waals surface area contributed by atoms with E-state index in [-0.39, 0.29) is 5.41 Å². The summed E-state index contributed by atoms with van der Waals surface area (Å²) in [7, 11) is 0. The van der Waals surface area contributed by atoms with Crippen molar-refractivity contribution in [1.29, 1.82) is 0 Å². The van der Waals surface area contributed by atoms with Crippen LogP contribution in [0.2, 0.25) is 0 Å². The summed E-state index contributed by atoms with van der Waals surface area (Å²) >= 11 is 0. The first-order chi connectivity index (χ1) is 6.54. The maximum atomic E-state index is 5.60. The van der Waals surface area contributed by atoms with E-state index in [0.29, 0.717) is 5.75 Å². The van der Waals surface area contributed by atoms with E-state index in [4.69, 9.17) is 15.5 Å². The van der Waals surface area contributed by atoms with E-state index in [2.05, 4.69) is 20.8 Å². The summed E-state index contributed by atoms with van der Waals surface area (Å²) < 4.78 is 5.60. The van der Waals surface area contributed by atoms with Crippen LogP contribution in [0.1, 0.15) is 25.0 Å². The van der Waals surface area contributed by atoms with E-state index in [0.717, 1.165) is 12.4 Å². The van der Waals surface area contributed by atoms with Crippen molar-refractivity contribution in [1.82, 2.24) is 0 Å². The normalized spacial score (nSPS) is 17.4. The number of aryl methyl sites for hydroxylation is 1. The Morgan fingerprint density at radius 2 is 2.14 bits per heavy atom. The van der Waals surface area contributed by atoms with Gasteiger partial charge in [-0.3, -0.25) is 0 Å². The number of benzene rings is 1. The number of fused-ring (bicyclic) bond motifs is 1. The lowest BCUT2D eigenvalue weighted by molar-refractivity contribution is 0.288. The number of ether oxygens (including phenoxy) is 1. The summed E-state index contributed by atoms with van der Waals surface area (Å²) in [5, 5.41) is 0. The molecule has 2 N–H and O–H groups in total. The Morgan fingerprint density at radius 3 is 2.79 bits per heavy atom. The molecular weight excluding hydrogens is 178 g/mol. The molecule has 0 fully saturated rings. The van der Waals surface area contributed by atoms with Crippen molar-refractivity contribution in [2.45, 2.75) is 26.2 Å². The molecule has 3 nitrogen and oxygen atoms in total. The fourth-order valence-corrected chi connectivity index (χ4v) is 2.10. The van der Waals surface area contributed by atoms with Crippen LogP contribution in [0.15, 0.2) is 12.1 Å². The van der Waals surface area contributed by atoms with Gasteiger partial charge < -0.3 is 9.57 Å². The molecule has 14 heavy (non-hydrogen) atoms. The van der Waals surface area contributed by atoms with Crippen molar-refractivity contribution in [2.24, 2.45) is 5.90 Å². The number of nitrogens with two attached hydrogens (primary N) is 1. The van der Waals surface area contributed by atoms with Crippen LogP contribution in [0.25, 0.3) is 0 Å². The van der Waals surface area contributed by atoms with Gasteiger partial charge in [0.2, 0.25) is 0 Å². The summed E-state index contributed by atoms with van der Waals surface area (Å²) in [4.78, 5) is 4.71. The molecule has 0 amide bonds. The molecule has 0 saturated carbocycles. The highest BCUT2D eigenvalue weighted by Crippen LogP contribution is 2.42. The van der Waals surface area contributed by atoms with Crippen LogP contribution in [-0.2, 0) is 5.41 Å². The fraction of sp³-hybridized carbons (Fsp3) is 0.455. The van der Waals surface area contributed by atoms with Crippen LogP contribution in [0.4, 0.5) is 0 Å². The topological polar surface area (TPSA) is 44.5 Å². The Bertz CT molecular complexity index is 372. The van der Waals surface area contributed by atoms with Gasteiger partial charge in [-0.15, -0.1) is 0 Å². The van der Waals surface area contributed by atoms with Crippen molar-refractivity contribution in [3.05, 3.63) is 23.3 Å². The SMILES string of the molecule is Cc1cc(ON)cc2c1C(C)(C)CO2. The minimum absolute atomic E-state index is 0.0898. The molecule has 1 aromatic rings. The number of hydrogen-bond acceptors (Lipinski definition) is 3. The summed E-state index contributed by atoms with van der Waals surface area (Å²) in [5.41, 5.74) is 2.52. The van der Waals surface area contributed by atoms with E-state index >= 15 is 0 Å². The monoisotopic (exact) mass is 193 g/mol. The molecule has 0 saturated heterocycles. The first-order valence-electron chi connectivity index (χ1n) is 4.69. The zero-order chi connectivity index (χ0) is 10.3. The predicted molar refractivity (Wildman–Crippen MR) is 54.5 cm³/mol. The van der Waals surface area contributed by atoms with Crippen LogP contribution in [0.3, 0.4) is 0 Å². The Labute approximate surface area is 83.8 Å². The second kappa shape index (κ2) is 2.89. The molecular formula is C11H15NO2. The van der Waals surface area contributed by atoms with Gasteiger partial charge in [0.05, 0.1) is 6.61 Å². The quantitative estimate of drug-likeness (QED) is 0.693. The first-order valence-corrected chi connectivity index (χ1v) is 4.69. The Kier molecular flexibility index (Phi) is 1.93. The molecule has 0 aliphatic carbocycles. The lowest BCUT2D eigenvalue weighted by atomic mass is 9.84. The van der Waals surface area contributed by atoms with Crippen molar-refractivity contribution in [3.63, 3.8) is 0 Å². The van der Waals surface area contributed by atoms with Gasteiger partial charge in [0.1, 0.15) is 5.75 Å². The van der Waals surface area contributed by atoms with E-state index in [1.54, 1.807) is 0 Å². The second-order valence-corrected chi connectivity index (χ2v) is 4.40. The van der Waals surface area contributed by atoms with Gasteiger partial charge in [0.25, 0.3) is 0 Å². The smallest absolute Gasteiger partial charge is 0.150 e. The minimum atomic E-state index is 0.0898. The summed E-state index contributed by atoms with van der Waals surface area (Å²) in [6.45, 7) is 7.12. The van der Waals surface area contributed by atoms with Gasteiger partial charge >= 0.3 is 0 Å². The van der Waals surface area contributed by atoms with Gasteiger partial charge in [-0.2, -0.15) is 5.90 Å². The average Bonchev–Trinajstić information content (AvgIpc) is 2.42. The van der Waals surface area contributed by atoms with Crippen molar-refractivity contribution < 1.29 is 9.57 Å². The summed E-state index contributed by atoms with van der Waals surface area (Å²) in [6.07, 6.45) is 0. The van der Waals surface area contributed by atoms with Gasteiger partial charge in [-0.05, 0) is 18.6 Å². The standard InChI is InChI=1S/C11H15NO2/c1-7-4-8(14-12)5-9-10(7)11(2,3)6-13-9/h4-5H,6,12H2,1-3H3. The van der Waals surface area contributed by atoms with Gasteiger partial charge in [-0.25, -0.2) is 0 Å². The predicted octanol–water partition coefficient (Wildman–Crippen LogP) is 1.92. The lowest BCUT2D eigenvalue weighted by Crippen LogP contribution is -2.19. The van der Waals surface area contributed by atoms with E-state index < -0.39 is 0 Å². The summed E-state index contributed by atoms with van der Waals surface area (Å²) in [5.74, 6) is 6.68. The molecule has 0 bridgehead atoms. The van der Waals surface area contributed by atoms with Gasteiger partial charge in [0, 0.05) is 17.0 Å². The van der Waals surface area contributed by atoms with Crippen molar-refractivity contribution in [2.75, 3.05) is 6.61 Å². The van der Waals surface area contributed by atoms with Gasteiger partial charge in [0.15, 0.2) is 5.75 Å². The third-order valence-corrected chi connectivity index (χ3v) is 2.67. The van der Waals surface area contributed by atoms with E-state index in [9.17, 15) is 0 Å².